The fourth-order valence-corrected chi connectivity index (χ4v) is 3.86. The van der Waals surface area contributed by atoms with E-state index in [1.54, 1.807) is 12.1 Å². The lowest BCUT2D eigenvalue weighted by Gasteiger charge is -2.21. The zero-order valence-electron chi connectivity index (χ0n) is 26.3. The van der Waals surface area contributed by atoms with E-state index in [1.165, 1.54) is 48.0 Å². The summed E-state index contributed by atoms with van der Waals surface area (Å²) in [6, 6.07) is 15.1. The Morgan fingerprint density at radius 3 is 2.11 bits per heavy atom. The van der Waals surface area contributed by atoms with Gasteiger partial charge in [-0.05, 0) is 55.0 Å². The van der Waals surface area contributed by atoms with Crippen molar-refractivity contribution in [2.45, 2.75) is 65.7 Å². The van der Waals surface area contributed by atoms with E-state index in [-0.39, 0.29) is 31.3 Å². The lowest BCUT2D eigenvalue weighted by Crippen LogP contribution is -2.42. The van der Waals surface area contributed by atoms with Crippen molar-refractivity contribution in [3.05, 3.63) is 66.0 Å². The molecular formula is C32H41F4N5O4. The van der Waals surface area contributed by atoms with Crippen molar-refractivity contribution in [3.63, 3.8) is 0 Å². The maximum atomic E-state index is 12.6. The summed E-state index contributed by atoms with van der Waals surface area (Å²) in [5.41, 5.74) is 1.83. The van der Waals surface area contributed by atoms with E-state index < -0.39 is 35.9 Å². The molecule has 4 amide bonds. The molecule has 2 aromatic rings. The predicted octanol–water partition coefficient (Wildman–Crippen LogP) is 4.94. The monoisotopic (exact) mass is 635 g/mol. The van der Waals surface area contributed by atoms with Crippen LogP contribution < -0.4 is 10.6 Å². The Morgan fingerprint density at radius 2 is 1.62 bits per heavy atom. The summed E-state index contributed by atoms with van der Waals surface area (Å²) in [5, 5.41) is 13.8. The smallest absolute Gasteiger partial charge is 0.345 e. The fraction of sp³-hybridized carbons (Fsp3) is 0.469. The van der Waals surface area contributed by atoms with E-state index in [2.05, 4.69) is 39.1 Å². The predicted molar refractivity (Wildman–Crippen MR) is 162 cm³/mol. The van der Waals surface area contributed by atoms with Crippen molar-refractivity contribution in [1.82, 2.24) is 15.1 Å². The van der Waals surface area contributed by atoms with Crippen molar-refractivity contribution >= 4 is 29.8 Å². The first-order valence-electron chi connectivity index (χ1n) is 14.2. The van der Waals surface area contributed by atoms with E-state index in [0.29, 0.717) is 29.5 Å². The number of rotatable bonds is 8. The molecule has 1 saturated heterocycles. The molecule has 246 valence electrons. The molecule has 1 heterocycles. The number of nitrogens with one attached hydrogen (secondary N) is 2. The second-order valence-corrected chi connectivity index (χ2v) is 12.2. The molecule has 2 aromatic carbocycles. The zero-order chi connectivity index (χ0) is 34.4. The number of anilines is 1. The minimum Gasteiger partial charge on any atom is -0.345 e. The van der Waals surface area contributed by atoms with E-state index in [4.69, 9.17) is 0 Å². The maximum absolute atomic E-state index is 12.6. The summed E-state index contributed by atoms with van der Waals surface area (Å²) in [7, 11) is 1.49. The fourth-order valence-electron chi connectivity index (χ4n) is 3.86. The highest BCUT2D eigenvalue weighted by atomic mass is 19.4. The molecule has 13 heteroatoms. The molecule has 45 heavy (non-hydrogen) atoms. The molecule has 3 atom stereocenters. The van der Waals surface area contributed by atoms with Crippen LogP contribution in [-0.4, -0.2) is 72.3 Å². The number of hydrogen-bond acceptors (Lipinski definition) is 5. The van der Waals surface area contributed by atoms with Gasteiger partial charge < -0.3 is 20.4 Å². The van der Waals surface area contributed by atoms with Gasteiger partial charge in [-0.1, -0.05) is 58.0 Å². The van der Waals surface area contributed by atoms with E-state index in [1.807, 2.05) is 23.5 Å². The van der Waals surface area contributed by atoms with E-state index >= 15 is 0 Å². The second-order valence-electron chi connectivity index (χ2n) is 12.2. The molecule has 0 radical (unpaired) electrons. The molecule has 0 bridgehead atoms. The first-order chi connectivity index (χ1) is 20.8. The third kappa shape index (κ3) is 15.7. The summed E-state index contributed by atoms with van der Waals surface area (Å²) in [6.07, 6.45) is -3.82. The van der Waals surface area contributed by atoms with Crippen molar-refractivity contribution < 1.29 is 36.7 Å². The van der Waals surface area contributed by atoms with Gasteiger partial charge in [0.25, 0.3) is 0 Å². The number of alkyl halides is 3. The van der Waals surface area contributed by atoms with Gasteiger partial charge >= 0.3 is 12.1 Å². The third-order valence-corrected chi connectivity index (χ3v) is 5.84. The first kappa shape index (κ1) is 38.6. The van der Waals surface area contributed by atoms with Gasteiger partial charge in [0, 0.05) is 25.3 Å². The van der Waals surface area contributed by atoms with Crippen LogP contribution in [0.4, 0.5) is 23.2 Å². The van der Waals surface area contributed by atoms with Gasteiger partial charge in [0.15, 0.2) is 0 Å². The number of para-hydroxylation sites is 1. The number of benzene rings is 2. The number of likely N-dealkylation sites (N-methyl/N-ethyl adjacent to an activating group) is 1. The van der Waals surface area contributed by atoms with Crippen molar-refractivity contribution in [2.75, 3.05) is 25.5 Å². The molecule has 0 saturated carbocycles. The number of carbonyl (C=O) groups excluding carboxylic acids is 4. The van der Waals surface area contributed by atoms with E-state index in [9.17, 15) is 42.0 Å². The summed E-state index contributed by atoms with van der Waals surface area (Å²) in [5.74, 6) is -3.37. The van der Waals surface area contributed by atoms with Gasteiger partial charge in [-0.25, -0.2) is 4.39 Å². The average Bonchev–Trinajstić information content (AvgIpc) is 3.39. The van der Waals surface area contributed by atoms with Crippen LogP contribution in [0.25, 0.3) is 0 Å². The van der Waals surface area contributed by atoms with Crippen LogP contribution in [0.5, 0.6) is 0 Å². The number of amides is 4. The molecule has 0 spiro atoms. The topological polar surface area (TPSA) is 123 Å². The van der Waals surface area contributed by atoms with Crippen LogP contribution >= 0.6 is 0 Å². The molecule has 0 aliphatic carbocycles. The van der Waals surface area contributed by atoms with Gasteiger partial charge in [0.1, 0.15) is 11.9 Å². The molecular weight excluding hydrogens is 594 g/mol. The van der Waals surface area contributed by atoms with Gasteiger partial charge in [0.2, 0.25) is 18.2 Å². The molecule has 0 aromatic heterocycles. The van der Waals surface area contributed by atoms with Gasteiger partial charge in [-0.2, -0.15) is 18.4 Å². The molecule has 9 nitrogen and oxygen atoms in total. The Labute approximate surface area is 261 Å². The highest BCUT2D eigenvalue weighted by Gasteiger charge is 2.40. The summed E-state index contributed by atoms with van der Waals surface area (Å²) in [6.45, 7) is 10.3. The van der Waals surface area contributed by atoms with Crippen molar-refractivity contribution in [1.29, 1.82) is 5.26 Å². The normalized spacial score (nSPS) is 16.4. The summed E-state index contributed by atoms with van der Waals surface area (Å²) < 4.78 is 48.4. The Balaban J connectivity index is 0.000000405. The molecule has 2 N–H and O–H groups in total. The van der Waals surface area contributed by atoms with Gasteiger partial charge in [-0.15, -0.1) is 0 Å². The van der Waals surface area contributed by atoms with Crippen LogP contribution in [0, 0.1) is 28.5 Å². The number of nitriles is 1. The van der Waals surface area contributed by atoms with Crippen LogP contribution in [-0.2, 0) is 25.6 Å². The Morgan fingerprint density at radius 1 is 1.07 bits per heavy atom. The Kier molecular flexibility index (Phi) is 15.2. The number of carbonyl (C=O) groups is 4. The van der Waals surface area contributed by atoms with Crippen LogP contribution in [0.2, 0.25) is 0 Å². The SMILES string of the molecule is CC(C)(C)C.CC(Cc1ccc(F)cc1)NC(=O)C(F)(F)F.CN(C=O)CC(=O)N1CC(C(=O)Nc2ccccc2)CC1C#N. The zero-order valence-corrected chi connectivity index (χ0v) is 26.3. The average molecular weight is 636 g/mol. The largest absolute Gasteiger partial charge is 0.471 e. The number of hydrogen-bond donors (Lipinski definition) is 2. The number of halogens is 4. The number of nitrogens with zero attached hydrogens (tertiary/aromatic N) is 3. The minimum atomic E-state index is -4.88. The summed E-state index contributed by atoms with van der Waals surface area (Å²) >= 11 is 0. The Hall–Kier alpha value is -4.47. The Bertz CT molecular complexity index is 1290. The first-order valence-corrected chi connectivity index (χ1v) is 14.2. The molecule has 1 aliphatic heterocycles. The van der Waals surface area contributed by atoms with Gasteiger partial charge in [-0.3, -0.25) is 19.2 Å². The standard InChI is InChI=1S/C16H18N4O3.C11H11F4NO.C5H12/c1-19(11-21)10-15(22)20-9-12(7-14(20)8-17)16(23)18-13-5-3-2-4-6-13;1-7(16-10(17)11(13,14)15)6-8-2-4-9(12)5-3-8;1-5(2,3)4/h2-6,11-12,14H,7,9-10H2,1H3,(H,18,23);2-5,7H,6H2,1H3,(H,16,17);1-4H3. The second kappa shape index (κ2) is 17.7. The van der Waals surface area contributed by atoms with Crippen LogP contribution in [0.15, 0.2) is 54.6 Å². The maximum Gasteiger partial charge on any atom is 0.471 e. The summed E-state index contributed by atoms with van der Waals surface area (Å²) in [4.78, 5) is 48.3. The van der Waals surface area contributed by atoms with Gasteiger partial charge in [0.05, 0.1) is 18.5 Å². The lowest BCUT2D eigenvalue weighted by molar-refractivity contribution is -0.174. The molecule has 1 aliphatic rings. The highest BCUT2D eigenvalue weighted by Crippen LogP contribution is 2.24. The molecule has 3 unspecified atom stereocenters. The lowest BCUT2D eigenvalue weighted by atomic mass is 10.0. The van der Waals surface area contributed by atoms with E-state index in [0.717, 1.165) is 0 Å². The van der Waals surface area contributed by atoms with Crippen molar-refractivity contribution in [3.8, 4) is 6.07 Å². The molecule has 1 fully saturated rings. The highest BCUT2D eigenvalue weighted by molar-refractivity contribution is 5.93. The van der Waals surface area contributed by atoms with Crippen LogP contribution in [0.1, 0.15) is 46.6 Å². The van der Waals surface area contributed by atoms with Crippen molar-refractivity contribution in [2.24, 2.45) is 11.3 Å². The quantitative estimate of drug-likeness (QED) is 0.314. The number of likely N-dealkylation sites (tertiary alicyclic amines) is 1. The minimum absolute atomic E-state index is 0.102. The van der Waals surface area contributed by atoms with Crippen LogP contribution in [0.3, 0.4) is 0 Å². The third-order valence-electron chi connectivity index (χ3n) is 5.84. The molecule has 3 rings (SSSR count).